The van der Waals surface area contributed by atoms with E-state index in [9.17, 15) is 14.4 Å². The number of nitrogens with zero attached hydrogens (tertiary/aromatic N) is 2. The first kappa shape index (κ1) is 10.3. The number of nitrogens with one attached hydrogen (secondary N) is 1. The number of rotatable bonds is 1. The minimum absolute atomic E-state index is 0.319. The monoisotopic (exact) mass is 219 g/mol. The largest absolute Gasteiger partial charge is 0.335 e. The molecule has 1 aliphatic heterocycles. The SMILES string of the molecule is Cc1ncccc1N1C(=O)CC(=O)NC1=O. The average Bonchev–Trinajstić information content (AvgIpc) is 2.19. The van der Waals surface area contributed by atoms with Crippen molar-refractivity contribution in [2.24, 2.45) is 0 Å². The van der Waals surface area contributed by atoms with Crippen molar-refractivity contribution in [3.05, 3.63) is 24.0 Å². The van der Waals surface area contributed by atoms with Gasteiger partial charge in [-0.05, 0) is 19.1 Å². The van der Waals surface area contributed by atoms with Crippen molar-refractivity contribution in [3.63, 3.8) is 0 Å². The third-order valence-corrected chi connectivity index (χ3v) is 2.23. The van der Waals surface area contributed by atoms with Gasteiger partial charge >= 0.3 is 6.03 Å². The van der Waals surface area contributed by atoms with Gasteiger partial charge in [0, 0.05) is 6.20 Å². The molecule has 1 saturated heterocycles. The number of carbonyl (C=O) groups is 3. The third-order valence-electron chi connectivity index (χ3n) is 2.23. The van der Waals surface area contributed by atoms with Crippen LogP contribution in [0.1, 0.15) is 12.1 Å². The maximum atomic E-state index is 11.6. The number of aryl methyl sites for hydroxylation is 1. The number of amides is 4. The number of carbonyl (C=O) groups excluding carboxylic acids is 3. The van der Waals surface area contributed by atoms with Gasteiger partial charge in [-0.2, -0.15) is 0 Å². The number of barbiturate groups is 1. The zero-order chi connectivity index (χ0) is 11.7. The lowest BCUT2D eigenvalue weighted by atomic mass is 10.2. The van der Waals surface area contributed by atoms with E-state index in [1.165, 1.54) is 0 Å². The topological polar surface area (TPSA) is 79.4 Å². The summed E-state index contributed by atoms with van der Waals surface area (Å²) in [5.41, 5.74) is 0.956. The van der Waals surface area contributed by atoms with E-state index in [4.69, 9.17) is 0 Å². The summed E-state index contributed by atoms with van der Waals surface area (Å²) in [6, 6.07) is 2.51. The summed E-state index contributed by atoms with van der Waals surface area (Å²) >= 11 is 0. The van der Waals surface area contributed by atoms with E-state index < -0.39 is 17.8 Å². The van der Waals surface area contributed by atoms with Crippen LogP contribution in [0, 0.1) is 6.92 Å². The molecule has 82 valence electrons. The maximum absolute atomic E-state index is 11.6. The molecule has 0 spiro atoms. The molecule has 0 saturated carbocycles. The van der Waals surface area contributed by atoms with Crippen LogP contribution in [0.15, 0.2) is 18.3 Å². The summed E-state index contributed by atoms with van der Waals surface area (Å²) in [5, 5.41) is 2.08. The van der Waals surface area contributed by atoms with Gasteiger partial charge in [0.15, 0.2) is 0 Å². The number of hydrogen-bond donors (Lipinski definition) is 1. The van der Waals surface area contributed by atoms with Gasteiger partial charge in [0.1, 0.15) is 6.42 Å². The van der Waals surface area contributed by atoms with Crippen molar-refractivity contribution in [1.82, 2.24) is 10.3 Å². The highest BCUT2D eigenvalue weighted by molar-refractivity contribution is 6.26. The standard InChI is InChI=1S/C10H9N3O3/c1-6-7(3-2-4-11-6)13-9(15)5-8(14)12-10(13)16/h2-4H,5H2,1H3,(H,12,14,16). The Hall–Kier alpha value is -2.24. The second kappa shape index (κ2) is 3.73. The fourth-order valence-electron chi connectivity index (χ4n) is 1.50. The molecule has 0 atom stereocenters. The second-order valence-electron chi connectivity index (χ2n) is 3.37. The van der Waals surface area contributed by atoms with Gasteiger partial charge in [-0.1, -0.05) is 0 Å². The number of anilines is 1. The lowest BCUT2D eigenvalue weighted by molar-refractivity contribution is -0.128. The molecule has 6 nitrogen and oxygen atoms in total. The van der Waals surface area contributed by atoms with Crippen LogP contribution in [0.25, 0.3) is 0 Å². The first-order valence-electron chi connectivity index (χ1n) is 4.68. The van der Waals surface area contributed by atoms with E-state index in [1.807, 2.05) is 0 Å². The summed E-state index contributed by atoms with van der Waals surface area (Å²) in [6.45, 7) is 1.69. The fraction of sp³-hybridized carbons (Fsp3) is 0.200. The van der Waals surface area contributed by atoms with E-state index in [0.717, 1.165) is 4.90 Å². The molecule has 0 radical (unpaired) electrons. The van der Waals surface area contributed by atoms with Gasteiger partial charge in [0.25, 0.3) is 0 Å². The molecule has 2 rings (SSSR count). The molecule has 0 unspecified atom stereocenters. The molecule has 1 fully saturated rings. The van der Waals surface area contributed by atoms with Crippen LogP contribution in [0.4, 0.5) is 10.5 Å². The number of hydrogen-bond acceptors (Lipinski definition) is 4. The Balaban J connectivity index is 2.41. The first-order chi connectivity index (χ1) is 7.59. The Bertz CT molecular complexity index is 464. The van der Waals surface area contributed by atoms with Gasteiger partial charge in [-0.3, -0.25) is 19.9 Å². The van der Waals surface area contributed by atoms with Crippen LogP contribution in [0.2, 0.25) is 0 Å². The lowest BCUT2D eigenvalue weighted by Crippen LogP contribution is -2.53. The Morgan fingerprint density at radius 2 is 2.12 bits per heavy atom. The molecule has 1 aromatic rings. The molecule has 6 heteroatoms. The highest BCUT2D eigenvalue weighted by atomic mass is 16.2. The normalized spacial score (nSPS) is 16.3. The molecule has 4 amide bonds. The number of imide groups is 2. The Morgan fingerprint density at radius 1 is 1.38 bits per heavy atom. The number of pyridine rings is 1. The molecule has 1 aromatic heterocycles. The van der Waals surface area contributed by atoms with Crippen LogP contribution < -0.4 is 10.2 Å². The molecule has 0 aromatic carbocycles. The molecular weight excluding hydrogens is 210 g/mol. The number of urea groups is 1. The predicted octanol–water partition coefficient (Wildman–Crippen LogP) is 0.363. The lowest BCUT2D eigenvalue weighted by Gasteiger charge is -2.25. The molecule has 1 aliphatic rings. The molecule has 0 aliphatic carbocycles. The summed E-state index contributed by atoms with van der Waals surface area (Å²) in [5.74, 6) is -1.11. The minimum Gasteiger partial charge on any atom is -0.277 e. The fourth-order valence-corrected chi connectivity index (χ4v) is 1.50. The van der Waals surface area contributed by atoms with Gasteiger partial charge < -0.3 is 0 Å². The van der Waals surface area contributed by atoms with Crippen molar-refractivity contribution < 1.29 is 14.4 Å². The summed E-state index contributed by atoms with van der Waals surface area (Å²) in [4.78, 5) is 39.0. The van der Waals surface area contributed by atoms with Crippen LogP contribution >= 0.6 is 0 Å². The quantitative estimate of drug-likeness (QED) is 0.692. The molecule has 0 bridgehead atoms. The van der Waals surface area contributed by atoms with E-state index in [2.05, 4.69) is 10.3 Å². The third kappa shape index (κ3) is 1.65. The van der Waals surface area contributed by atoms with Crippen molar-refractivity contribution in [3.8, 4) is 0 Å². The Morgan fingerprint density at radius 3 is 2.75 bits per heavy atom. The zero-order valence-corrected chi connectivity index (χ0v) is 8.56. The van der Waals surface area contributed by atoms with E-state index in [-0.39, 0.29) is 6.42 Å². The van der Waals surface area contributed by atoms with Crippen molar-refractivity contribution in [1.29, 1.82) is 0 Å². The Kier molecular flexibility index (Phi) is 2.40. The summed E-state index contributed by atoms with van der Waals surface area (Å²) < 4.78 is 0. The van der Waals surface area contributed by atoms with Gasteiger partial charge in [0.2, 0.25) is 11.8 Å². The molecule has 1 N–H and O–H groups in total. The van der Waals surface area contributed by atoms with Crippen molar-refractivity contribution >= 4 is 23.5 Å². The van der Waals surface area contributed by atoms with Gasteiger partial charge in [0.05, 0.1) is 11.4 Å². The van der Waals surface area contributed by atoms with E-state index in [1.54, 1.807) is 25.3 Å². The number of aromatic nitrogens is 1. The van der Waals surface area contributed by atoms with Gasteiger partial charge in [-0.15, -0.1) is 0 Å². The van der Waals surface area contributed by atoms with Crippen molar-refractivity contribution in [2.75, 3.05) is 4.90 Å². The van der Waals surface area contributed by atoms with Crippen LogP contribution in [0.3, 0.4) is 0 Å². The van der Waals surface area contributed by atoms with Crippen LogP contribution in [-0.2, 0) is 9.59 Å². The van der Waals surface area contributed by atoms with E-state index >= 15 is 0 Å². The second-order valence-corrected chi connectivity index (χ2v) is 3.37. The maximum Gasteiger partial charge on any atom is 0.335 e. The van der Waals surface area contributed by atoms with Crippen LogP contribution in [-0.4, -0.2) is 22.8 Å². The van der Waals surface area contributed by atoms with Crippen LogP contribution in [0.5, 0.6) is 0 Å². The minimum atomic E-state index is -0.725. The molecule has 2 heterocycles. The first-order valence-corrected chi connectivity index (χ1v) is 4.68. The molecule has 16 heavy (non-hydrogen) atoms. The highest BCUT2D eigenvalue weighted by Gasteiger charge is 2.32. The predicted molar refractivity (Wildman–Crippen MR) is 54.6 cm³/mol. The Labute approximate surface area is 91.3 Å². The average molecular weight is 219 g/mol. The van der Waals surface area contributed by atoms with E-state index in [0.29, 0.717) is 11.4 Å². The zero-order valence-electron chi connectivity index (χ0n) is 8.56. The van der Waals surface area contributed by atoms with Gasteiger partial charge in [-0.25, -0.2) is 9.69 Å². The highest BCUT2D eigenvalue weighted by Crippen LogP contribution is 2.20. The smallest absolute Gasteiger partial charge is 0.277 e. The van der Waals surface area contributed by atoms with Crippen molar-refractivity contribution in [2.45, 2.75) is 13.3 Å². The summed E-state index contributed by atoms with van der Waals surface area (Å²) in [6.07, 6.45) is 1.25. The molecular formula is C10H9N3O3. The summed E-state index contributed by atoms with van der Waals surface area (Å²) in [7, 11) is 0.